The van der Waals surface area contributed by atoms with Crippen molar-refractivity contribution in [2.24, 2.45) is 0 Å². The Bertz CT molecular complexity index is 564. The van der Waals surface area contributed by atoms with Gasteiger partial charge in [-0.15, -0.1) is 0 Å². The van der Waals surface area contributed by atoms with Gasteiger partial charge in [-0.3, -0.25) is 4.68 Å². The molecule has 0 radical (unpaired) electrons. The molecule has 0 amide bonds. The van der Waals surface area contributed by atoms with Gasteiger partial charge >= 0.3 is 6.18 Å². The molecule has 1 aromatic heterocycles. The summed E-state index contributed by atoms with van der Waals surface area (Å²) in [5.74, 6) is 0. The summed E-state index contributed by atoms with van der Waals surface area (Å²) < 4.78 is 38.2. The second-order valence-corrected chi connectivity index (χ2v) is 4.46. The van der Waals surface area contributed by atoms with Crippen LogP contribution in [0.15, 0.2) is 30.5 Å². The van der Waals surface area contributed by atoms with Crippen molar-refractivity contribution in [2.45, 2.75) is 12.7 Å². The maximum absolute atomic E-state index is 12.3. The average molecular weight is 295 g/mol. The molecule has 1 aromatic carbocycles. The Morgan fingerprint density at radius 3 is 2.39 bits per heavy atom. The normalized spacial score (nSPS) is 11.8. The molecule has 2 aromatic rings. The van der Waals surface area contributed by atoms with Gasteiger partial charge in [0.15, 0.2) is 5.69 Å². The summed E-state index contributed by atoms with van der Waals surface area (Å²) in [6.45, 7) is 0.201. The van der Waals surface area contributed by atoms with Crippen LogP contribution in [0.1, 0.15) is 11.3 Å². The van der Waals surface area contributed by atoms with Crippen molar-refractivity contribution in [3.05, 3.63) is 51.8 Å². The van der Waals surface area contributed by atoms with Gasteiger partial charge in [-0.1, -0.05) is 29.3 Å². The van der Waals surface area contributed by atoms with E-state index in [1.165, 1.54) is 10.9 Å². The van der Waals surface area contributed by atoms with Crippen LogP contribution in [0, 0.1) is 0 Å². The second kappa shape index (κ2) is 4.82. The predicted octanol–water partition coefficient (Wildman–Crippen LogP) is 4.26. The van der Waals surface area contributed by atoms with Crippen molar-refractivity contribution in [3.63, 3.8) is 0 Å². The van der Waals surface area contributed by atoms with Crippen molar-refractivity contribution < 1.29 is 13.2 Å². The summed E-state index contributed by atoms with van der Waals surface area (Å²) in [6.07, 6.45) is -3.16. The van der Waals surface area contributed by atoms with E-state index in [0.29, 0.717) is 10.0 Å². The number of halogens is 5. The van der Waals surface area contributed by atoms with Crippen molar-refractivity contribution in [2.75, 3.05) is 0 Å². The smallest absolute Gasteiger partial charge is 0.268 e. The van der Waals surface area contributed by atoms with E-state index in [1.54, 1.807) is 18.2 Å². The number of rotatable bonds is 2. The van der Waals surface area contributed by atoms with Gasteiger partial charge in [0.25, 0.3) is 0 Å². The molecule has 18 heavy (non-hydrogen) atoms. The molecule has 0 aliphatic rings. The van der Waals surface area contributed by atoms with Crippen LogP contribution in [0.5, 0.6) is 0 Å². The molecule has 0 atom stereocenters. The first-order valence-corrected chi connectivity index (χ1v) is 5.66. The Morgan fingerprint density at radius 1 is 1.11 bits per heavy atom. The minimum Gasteiger partial charge on any atom is -0.268 e. The lowest BCUT2D eigenvalue weighted by atomic mass is 10.2. The van der Waals surface area contributed by atoms with E-state index in [-0.39, 0.29) is 6.54 Å². The molecular formula is C11H7Cl2F3N2. The first-order valence-electron chi connectivity index (χ1n) is 4.91. The van der Waals surface area contributed by atoms with Gasteiger partial charge in [0.1, 0.15) is 0 Å². The fourth-order valence-electron chi connectivity index (χ4n) is 1.43. The lowest BCUT2D eigenvalue weighted by Gasteiger charge is -2.04. The van der Waals surface area contributed by atoms with Crippen LogP contribution in [0.25, 0.3) is 0 Å². The highest BCUT2D eigenvalue weighted by Crippen LogP contribution is 2.27. The summed E-state index contributed by atoms with van der Waals surface area (Å²) in [6, 6.07) is 5.80. The van der Waals surface area contributed by atoms with Crippen molar-refractivity contribution in [1.82, 2.24) is 9.78 Å². The maximum atomic E-state index is 12.3. The minimum atomic E-state index is -4.43. The van der Waals surface area contributed by atoms with Crippen LogP contribution >= 0.6 is 23.2 Å². The van der Waals surface area contributed by atoms with E-state index in [2.05, 4.69) is 5.10 Å². The quantitative estimate of drug-likeness (QED) is 0.809. The third-order valence-corrected chi connectivity index (χ3v) is 3.00. The molecule has 1 heterocycles. The van der Waals surface area contributed by atoms with E-state index >= 15 is 0 Å². The van der Waals surface area contributed by atoms with Gasteiger partial charge in [0, 0.05) is 6.20 Å². The van der Waals surface area contributed by atoms with E-state index in [0.717, 1.165) is 11.6 Å². The average Bonchev–Trinajstić information content (AvgIpc) is 2.72. The van der Waals surface area contributed by atoms with E-state index in [4.69, 9.17) is 23.2 Å². The predicted molar refractivity (Wildman–Crippen MR) is 62.8 cm³/mol. The molecule has 0 saturated carbocycles. The van der Waals surface area contributed by atoms with Crippen LogP contribution in [-0.4, -0.2) is 9.78 Å². The second-order valence-electron chi connectivity index (χ2n) is 3.64. The lowest BCUT2D eigenvalue weighted by molar-refractivity contribution is -0.141. The monoisotopic (exact) mass is 294 g/mol. The molecule has 0 unspecified atom stereocenters. The van der Waals surface area contributed by atoms with Gasteiger partial charge in [0.05, 0.1) is 16.6 Å². The maximum Gasteiger partial charge on any atom is 0.435 e. The molecule has 0 spiro atoms. The van der Waals surface area contributed by atoms with E-state index in [1.807, 2.05) is 0 Å². The number of hydrogen-bond acceptors (Lipinski definition) is 1. The first kappa shape index (κ1) is 13.2. The summed E-state index contributed by atoms with van der Waals surface area (Å²) in [5, 5.41) is 4.20. The summed E-state index contributed by atoms with van der Waals surface area (Å²) in [7, 11) is 0. The van der Waals surface area contributed by atoms with Crippen molar-refractivity contribution in [3.8, 4) is 0 Å². The highest BCUT2D eigenvalue weighted by Gasteiger charge is 2.33. The number of benzene rings is 1. The largest absolute Gasteiger partial charge is 0.435 e. The zero-order chi connectivity index (χ0) is 13.3. The van der Waals surface area contributed by atoms with Crippen molar-refractivity contribution >= 4 is 23.2 Å². The molecule has 0 bridgehead atoms. The SMILES string of the molecule is FC(F)(F)c1ccn(Cc2ccc(Cl)c(Cl)c2)n1. The number of hydrogen-bond donors (Lipinski definition) is 0. The van der Waals surface area contributed by atoms with Crippen LogP contribution in [0.3, 0.4) is 0 Å². The number of alkyl halides is 3. The first-order chi connectivity index (χ1) is 8.36. The van der Waals surface area contributed by atoms with Crippen LogP contribution in [0.4, 0.5) is 13.2 Å². The van der Waals surface area contributed by atoms with Gasteiger partial charge in [-0.2, -0.15) is 18.3 Å². The number of aromatic nitrogens is 2. The molecular weight excluding hydrogens is 288 g/mol. The molecule has 0 N–H and O–H groups in total. The molecule has 0 aliphatic heterocycles. The van der Waals surface area contributed by atoms with Gasteiger partial charge < -0.3 is 0 Å². The minimum absolute atomic E-state index is 0.201. The molecule has 0 saturated heterocycles. The van der Waals surface area contributed by atoms with Crippen LogP contribution < -0.4 is 0 Å². The van der Waals surface area contributed by atoms with Crippen LogP contribution in [0.2, 0.25) is 10.0 Å². The molecule has 2 nitrogen and oxygen atoms in total. The third kappa shape index (κ3) is 2.97. The van der Waals surface area contributed by atoms with Crippen LogP contribution in [-0.2, 0) is 12.7 Å². The summed E-state index contributed by atoms with van der Waals surface area (Å²) in [4.78, 5) is 0. The highest BCUT2D eigenvalue weighted by molar-refractivity contribution is 6.42. The van der Waals surface area contributed by atoms with E-state index in [9.17, 15) is 13.2 Å². The fourth-order valence-corrected chi connectivity index (χ4v) is 1.75. The Balaban J connectivity index is 2.19. The zero-order valence-electron chi connectivity index (χ0n) is 8.88. The van der Waals surface area contributed by atoms with E-state index < -0.39 is 11.9 Å². The summed E-state index contributed by atoms with van der Waals surface area (Å²) in [5.41, 5.74) is -0.191. The number of nitrogens with zero attached hydrogens (tertiary/aromatic N) is 2. The molecule has 0 fully saturated rings. The topological polar surface area (TPSA) is 17.8 Å². The molecule has 96 valence electrons. The summed E-state index contributed by atoms with van der Waals surface area (Å²) >= 11 is 11.6. The highest BCUT2D eigenvalue weighted by atomic mass is 35.5. The molecule has 2 rings (SSSR count). The van der Waals surface area contributed by atoms with Gasteiger partial charge in [-0.05, 0) is 23.8 Å². The lowest BCUT2D eigenvalue weighted by Crippen LogP contribution is -2.08. The van der Waals surface area contributed by atoms with Crippen molar-refractivity contribution in [1.29, 1.82) is 0 Å². The van der Waals surface area contributed by atoms with Gasteiger partial charge in [0.2, 0.25) is 0 Å². The Hall–Kier alpha value is -1.20. The Morgan fingerprint density at radius 2 is 1.83 bits per heavy atom. The standard InChI is InChI=1S/C11H7Cl2F3N2/c12-8-2-1-7(5-9(8)13)6-18-4-3-10(17-18)11(14,15)16/h1-5H,6H2. The Labute approximate surface area is 111 Å². The molecule has 0 aliphatic carbocycles. The fraction of sp³-hybridized carbons (Fsp3) is 0.182. The zero-order valence-corrected chi connectivity index (χ0v) is 10.4. The molecule has 7 heteroatoms. The Kier molecular flexibility index (Phi) is 3.54. The van der Waals surface area contributed by atoms with Gasteiger partial charge in [-0.25, -0.2) is 0 Å². The third-order valence-electron chi connectivity index (χ3n) is 2.26.